The Balaban J connectivity index is 1.36. The highest BCUT2D eigenvalue weighted by Gasteiger charge is 2.22. The van der Waals surface area contributed by atoms with Gasteiger partial charge in [0.25, 0.3) is 5.56 Å². The van der Waals surface area contributed by atoms with Gasteiger partial charge in [0.1, 0.15) is 18.0 Å². The zero-order valence-corrected chi connectivity index (χ0v) is 18.2. The quantitative estimate of drug-likeness (QED) is 0.593. The van der Waals surface area contributed by atoms with Gasteiger partial charge in [0.15, 0.2) is 0 Å². The molecule has 1 aromatic heterocycles. The maximum Gasteiger partial charge on any atom is 0.254 e. The summed E-state index contributed by atoms with van der Waals surface area (Å²) in [6, 6.07) is 16.7. The van der Waals surface area contributed by atoms with Gasteiger partial charge in [0.05, 0.1) is 26.2 Å². The molecular formula is C24H26N4O4. The lowest BCUT2D eigenvalue weighted by Crippen LogP contribution is -2.50. The number of hydrogen-bond donors (Lipinski definition) is 0. The molecule has 0 saturated carbocycles. The Morgan fingerprint density at radius 1 is 0.906 bits per heavy atom. The molecule has 8 nitrogen and oxygen atoms in total. The third kappa shape index (κ3) is 4.74. The average molecular weight is 434 g/mol. The Morgan fingerprint density at radius 3 is 2.06 bits per heavy atom. The molecule has 1 amide bonds. The van der Waals surface area contributed by atoms with Crippen LogP contribution in [-0.2, 0) is 11.3 Å². The summed E-state index contributed by atoms with van der Waals surface area (Å²) in [5.41, 5.74) is 2.23. The van der Waals surface area contributed by atoms with Crippen molar-refractivity contribution in [3.8, 4) is 22.8 Å². The van der Waals surface area contributed by atoms with E-state index in [0.717, 1.165) is 35.8 Å². The summed E-state index contributed by atoms with van der Waals surface area (Å²) in [5, 5.41) is 0. The second-order valence-electron chi connectivity index (χ2n) is 7.53. The Hall–Kier alpha value is -3.81. The number of carbonyl (C=O) groups excluding carboxylic acids is 1. The fourth-order valence-corrected chi connectivity index (χ4v) is 3.72. The fourth-order valence-electron chi connectivity index (χ4n) is 3.72. The molecule has 0 radical (unpaired) electrons. The molecule has 1 fully saturated rings. The SMILES string of the molecule is COc1ccc(-c2cc(=O)n(CC(=O)N3CCN(c4ccc(OC)cc4)CC3)cn2)cc1. The van der Waals surface area contributed by atoms with E-state index in [1.54, 1.807) is 19.1 Å². The molecule has 3 aromatic rings. The molecule has 166 valence electrons. The van der Waals surface area contributed by atoms with E-state index >= 15 is 0 Å². The summed E-state index contributed by atoms with van der Waals surface area (Å²) in [4.78, 5) is 33.7. The molecule has 0 N–H and O–H groups in total. The summed E-state index contributed by atoms with van der Waals surface area (Å²) in [7, 11) is 3.25. The standard InChI is InChI=1S/C24H26N4O4/c1-31-20-7-3-18(4-8-20)22-15-23(29)28(17-25-22)16-24(30)27-13-11-26(12-14-27)19-5-9-21(32-2)10-6-19/h3-10,15,17H,11-14,16H2,1-2H3. The molecule has 0 aliphatic carbocycles. The van der Waals surface area contributed by atoms with Crippen molar-refractivity contribution in [1.29, 1.82) is 0 Å². The molecule has 0 bridgehead atoms. The van der Waals surface area contributed by atoms with Crippen molar-refractivity contribution in [2.45, 2.75) is 6.54 Å². The number of ether oxygens (including phenoxy) is 2. The van der Waals surface area contributed by atoms with E-state index in [2.05, 4.69) is 9.88 Å². The van der Waals surface area contributed by atoms with Crippen LogP contribution in [0.2, 0.25) is 0 Å². The first-order valence-electron chi connectivity index (χ1n) is 10.4. The highest BCUT2D eigenvalue weighted by molar-refractivity contribution is 5.76. The van der Waals surface area contributed by atoms with Gasteiger partial charge in [-0.2, -0.15) is 0 Å². The van der Waals surface area contributed by atoms with Crippen LogP contribution in [0.25, 0.3) is 11.3 Å². The third-order valence-corrected chi connectivity index (χ3v) is 5.64. The van der Waals surface area contributed by atoms with Gasteiger partial charge in [-0.15, -0.1) is 0 Å². The third-order valence-electron chi connectivity index (χ3n) is 5.64. The first-order chi connectivity index (χ1) is 15.6. The monoisotopic (exact) mass is 434 g/mol. The van der Waals surface area contributed by atoms with Gasteiger partial charge in [-0.1, -0.05) is 0 Å². The number of nitrogens with zero attached hydrogens (tertiary/aromatic N) is 4. The van der Waals surface area contributed by atoms with Gasteiger partial charge >= 0.3 is 0 Å². The minimum atomic E-state index is -0.254. The smallest absolute Gasteiger partial charge is 0.254 e. The topological polar surface area (TPSA) is 76.9 Å². The molecule has 2 aromatic carbocycles. The van der Waals surface area contributed by atoms with Crippen LogP contribution in [-0.4, -0.2) is 60.8 Å². The van der Waals surface area contributed by atoms with Crippen molar-refractivity contribution in [3.63, 3.8) is 0 Å². The number of aromatic nitrogens is 2. The molecule has 0 unspecified atom stereocenters. The summed E-state index contributed by atoms with van der Waals surface area (Å²) in [5.74, 6) is 1.47. The summed E-state index contributed by atoms with van der Waals surface area (Å²) in [6.07, 6.45) is 1.44. The Kier molecular flexibility index (Phi) is 6.39. The van der Waals surface area contributed by atoms with Crippen LogP contribution in [0.15, 0.2) is 65.7 Å². The van der Waals surface area contributed by atoms with Crippen molar-refractivity contribution in [3.05, 3.63) is 71.3 Å². The van der Waals surface area contributed by atoms with E-state index in [4.69, 9.17) is 9.47 Å². The van der Waals surface area contributed by atoms with E-state index in [0.29, 0.717) is 18.8 Å². The zero-order chi connectivity index (χ0) is 22.5. The van der Waals surface area contributed by atoms with Crippen molar-refractivity contribution in [1.82, 2.24) is 14.5 Å². The number of methoxy groups -OCH3 is 2. The van der Waals surface area contributed by atoms with Gasteiger partial charge < -0.3 is 19.3 Å². The average Bonchev–Trinajstić information content (AvgIpc) is 2.85. The minimum Gasteiger partial charge on any atom is -0.497 e. The van der Waals surface area contributed by atoms with Gasteiger partial charge in [0.2, 0.25) is 5.91 Å². The Morgan fingerprint density at radius 2 is 1.50 bits per heavy atom. The molecule has 32 heavy (non-hydrogen) atoms. The minimum absolute atomic E-state index is 0.0166. The molecule has 2 heterocycles. The fraction of sp³-hybridized carbons (Fsp3) is 0.292. The normalized spacial score (nSPS) is 13.7. The number of hydrogen-bond acceptors (Lipinski definition) is 6. The first kappa shape index (κ1) is 21.4. The summed E-state index contributed by atoms with van der Waals surface area (Å²) < 4.78 is 11.7. The van der Waals surface area contributed by atoms with Crippen LogP contribution < -0.4 is 19.9 Å². The van der Waals surface area contributed by atoms with Crippen LogP contribution in [0.4, 0.5) is 5.69 Å². The molecule has 1 aliphatic heterocycles. The Labute approximate surface area is 186 Å². The second-order valence-corrected chi connectivity index (χ2v) is 7.53. The lowest BCUT2D eigenvalue weighted by atomic mass is 10.1. The molecule has 4 rings (SSSR count). The Bertz CT molecular complexity index is 1120. The number of amides is 1. The molecule has 0 atom stereocenters. The van der Waals surface area contributed by atoms with Crippen molar-refractivity contribution in [2.75, 3.05) is 45.3 Å². The van der Waals surface area contributed by atoms with Crippen molar-refractivity contribution >= 4 is 11.6 Å². The van der Waals surface area contributed by atoms with E-state index in [-0.39, 0.29) is 18.0 Å². The maximum absolute atomic E-state index is 12.8. The van der Waals surface area contributed by atoms with Gasteiger partial charge in [-0.05, 0) is 48.5 Å². The van der Waals surface area contributed by atoms with Gasteiger partial charge in [-0.3, -0.25) is 14.2 Å². The largest absolute Gasteiger partial charge is 0.497 e. The van der Waals surface area contributed by atoms with Crippen LogP contribution in [0.1, 0.15) is 0 Å². The van der Waals surface area contributed by atoms with Crippen molar-refractivity contribution in [2.24, 2.45) is 0 Å². The predicted molar refractivity (Wildman–Crippen MR) is 122 cm³/mol. The number of benzene rings is 2. The summed E-state index contributed by atoms with van der Waals surface area (Å²) >= 11 is 0. The second kappa shape index (κ2) is 9.55. The molecule has 1 aliphatic rings. The van der Waals surface area contributed by atoms with E-state index in [9.17, 15) is 9.59 Å². The van der Waals surface area contributed by atoms with E-state index in [1.165, 1.54) is 17.0 Å². The maximum atomic E-state index is 12.8. The molecular weight excluding hydrogens is 408 g/mol. The number of piperazine rings is 1. The van der Waals surface area contributed by atoms with Gasteiger partial charge in [-0.25, -0.2) is 4.98 Å². The lowest BCUT2D eigenvalue weighted by Gasteiger charge is -2.36. The van der Waals surface area contributed by atoms with Crippen LogP contribution in [0.5, 0.6) is 11.5 Å². The van der Waals surface area contributed by atoms with Crippen LogP contribution in [0.3, 0.4) is 0 Å². The predicted octanol–water partition coefficient (Wildman–Crippen LogP) is 2.28. The molecule has 8 heteroatoms. The van der Waals surface area contributed by atoms with Gasteiger partial charge in [0, 0.05) is 43.5 Å². The summed E-state index contributed by atoms with van der Waals surface area (Å²) in [6.45, 7) is 2.68. The number of rotatable bonds is 6. The molecule has 1 saturated heterocycles. The highest BCUT2D eigenvalue weighted by atomic mass is 16.5. The number of anilines is 1. The number of carbonyl (C=O) groups is 1. The lowest BCUT2D eigenvalue weighted by molar-refractivity contribution is -0.132. The zero-order valence-electron chi connectivity index (χ0n) is 18.2. The van der Waals surface area contributed by atoms with Crippen LogP contribution >= 0.6 is 0 Å². The first-order valence-corrected chi connectivity index (χ1v) is 10.4. The van der Waals surface area contributed by atoms with E-state index in [1.807, 2.05) is 48.5 Å². The van der Waals surface area contributed by atoms with E-state index < -0.39 is 0 Å². The van der Waals surface area contributed by atoms with Crippen molar-refractivity contribution < 1.29 is 14.3 Å². The van der Waals surface area contributed by atoms with Crippen LogP contribution in [0, 0.1) is 0 Å². The molecule has 0 spiro atoms. The highest BCUT2D eigenvalue weighted by Crippen LogP contribution is 2.21.